The summed E-state index contributed by atoms with van der Waals surface area (Å²) in [6.07, 6.45) is 3.28. The lowest BCUT2D eigenvalue weighted by Crippen LogP contribution is -2.32. The maximum absolute atomic E-state index is 11.9. The molecular formula is C13H15NO4S. The summed E-state index contributed by atoms with van der Waals surface area (Å²) >= 11 is 1.16. The van der Waals surface area contributed by atoms with Crippen LogP contribution in [0.3, 0.4) is 0 Å². The lowest BCUT2D eigenvalue weighted by atomic mass is 10.4. The van der Waals surface area contributed by atoms with E-state index < -0.39 is 5.97 Å². The Morgan fingerprint density at radius 2 is 1.95 bits per heavy atom. The molecule has 5 nitrogen and oxygen atoms in total. The SMILES string of the molecule is C=CCN(CC=C)C(=O)CSc1ccc(C(=O)O)o1. The van der Waals surface area contributed by atoms with Gasteiger partial charge in [-0.25, -0.2) is 4.79 Å². The summed E-state index contributed by atoms with van der Waals surface area (Å²) in [5.41, 5.74) is 0. The molecule has 0 bridgehead atoms. The monoisotopic (exact) mass is 281 g/mol. The number of hydrogen-bond donors (Lipinski definition) is 1. The summed E-state index contributed by atoms with van der Waals surface area (Å²) in [4.78, 5) is 24.1. The third-order valence-electron chi connectivity index (χ3n) is 2.18. The van der Waals surface area contributed by atoms with E-state index in [9.17, 15) is 9.59 Å². The van der Waals surface area contributed by atoms with E-state index >= 15 is 0 Å². The minimum atomic E-state index is -1.13. The molecule has 0 spiro atoms. The first-order chi connectivity index (χ1) is 9.08. The van der Waals surface area contributed by atoms with Gasteiger partial charge in [0.2, 0.25) is 11.7 Å². The topological polar surface area (TPSA) is 70.8 Å². The Kier molecular flexibility index (Phi) is 5.95. The number of nitrogens with zero attached hydrogens (tertiary/aromatic N) is 1. The molecule has 1 N–H and O–H groups in total. The van der Waals surface area contributed by atoms with Crippen LogP contribution in [-0.2, 0) is 4.79 Å². The molecule has 1 amide bonds. The van der Waals surface area contributed by atoms with Crippen molar-refractivity contribution in [2.24, 2.45) is 0 Å². The fourth-order valence-electron chi connectivity index (χ4n) is 1.33. The van der Waals surface area contributed by atoms with Crippen molar-refractivity contribution in [1.82, 2.24) is 4.90 Å². The van der Waals surface area contributed by atoms with Crippen molar-refractivity contribution in [1.29, 1.82) is 0 Å². The second-order valence-electron chi connectivity index (χ2n) is 3.59. The van der Waals surface area contributed by atoms with Gasteiger partial charge in [0.25, 0.3) is 0 Å². The van der Waals surface area contributed by atoms with Crippen LogP contribution in [0.1, 0.15) is 10.6 Å². The van der Waals surface area contributed by atoms with Gasteiger partial charge in [-0.05, 0) is 12.1 Å². The van der Waals surface area contributed by atoms with E-state index in [-0.39, 0.29) is 17.4 Å². The first kappa shape index (κ1) is 15.1. The predicted octanol–water partition coefficient (Wildman–Crippen LogP) is 2.27. The number of carbonyl (C=O) groups is 2. The zero-order valence-corrected chi connectivity index (χ0v) is 11.2. The molecule has 1 aromatic heterocycles. The Hall–Kier alpha value is -1.95. The summed E-state index contributed by atoms with van der Waals surface area (Å²) < 4.78 is 5.05. The van der Waals surface area contributed by atoms with Crippen molar-refractivity contribution in [2.75, 3.05) is 18.8 Å². The predicted molar refractivity (Wildman–Crippen MR) is 73.4 cm³/mol. The van der Waals surface area contributed by atoms with Crippen LogP contribution >= 0.6 is 11.8 Å². The fraction of sp³-hybridized carbons (Fsp3) is 0.231. The zero-order chi connectivity index (χ0) is 14.3. The van der Waals surface area contributed by atoms with Gasteiger partial charge in [-0.2, -0.15) is 0 Å². The Morgan fingerprint density at radius 3 is 2.42 bits per heavy atom. The van der Waals surface area contributed by atoms with E-state index in [1.165, 1.54) is 12.1 Å². The molecule has 0 atom stereocenters. The molecule has 0 saturated carbocycles. The van der Waals surface area contributed by atoms with Crippen LogP contribution in [0.2, 0.25) is 0 Å². The van der Waals surface area contributed by atoms with Gasteiger partial charge in [-0.1, -0.05) is 23.9 Å². The molecule has 0 radical (unpaired) electrons. The third-order valence-corrected chi connectivity index (χ3v) is 3.08. The molecule has 0 aromatic carbocycles. The van der Waals surface area contributed by atoms with E-state index in [0.717, 1.165) is 11.8 Å². The van der Waals surface area contributed by atoms with Crippen LogP contribution in [0.15, 0.2) is 47.0 Å². The van der Waals surface area contributed by atoms with Crippen molar-refractivity contribution in [2.45, 2.75) is 5.09 Å². The molecule has 0 fully saturated rings. The van der Waals surface area contributed by atoms with Crippen LogP contribution in [0.4, 0.5) is 0 Å². The third kappa shape index (κ3) is 4.67. The number of carbonyl (C=O) groups excluding carboxylic acids is 1. The summed E-state index contributed by atoms with van der Waals surface area (Å²) in [5, 5.41) is 9.11. The van der Waals surface area contributed by atoms with Crippen LogP contribution in [0, 0.1) is 0 Å². The average Bonchev–Trinajstić information content (AvgIpc) is 2.84. The lowest BCUT2D eigenvalue weighted by molar-refractivity contribution is -0.127. The van der Waals surface area contributed by atoms with Gasteiger partial charge in [-0.3, -0.25) is 4.79 Å². The fourth-order valence-corrected chi connectivity index (χ4v) is 2.09. The van der Waals surface area contributed by atoms with E-state index in [1.54, 1.807) is 17.1 Å². The Bertz CT molecular complexity index is 471. The highest BCUT2D eigenvalue weighted by Crippen LogP contribution is 2.21. The highest BCUT2D eigenvalue weighted by molar-refractivity contribution is 7.99. The number of carboxylic acids is 1. The highest BCUT2D eigenvalue weighted by Gasteiger charge is 2.14. The van der Waals surface area contributed by atoms with Crippen molar-refractivity contribution < 1.29 is 19.1 Å². The molecule has 19 heavy (non-hydrogen) atoms. The summed E-state index contributed by atoms with van der Waals surface area (Å²) in [6.45, 7) is 8.07. The van der Waals surface area contributed by atoms with E-state index in [4.69, 9.17) is 9.52 Å². The first-order valence-electron chi connectivity index (χ1n) is 5.54. The number of aromatic carboxylic acids is 1. The largest absolute Gasteiger partial charge is 0.475 e. The average molecular weight is 281 g/mol. The molecule has 0 aliphatic carbocycles. The van der Waals surface area contributed by atoms with Crippen LogP contribution < -0.4 is 0 Å². The Morgan fingerprint density at radius 1 is 1.32 bits per heavy atom. The molecule has 0 unspecified atom stereocenters. The quantitative estimate of drug-likeness (QED) is 0.584. The van der Waals surface area contributed by atoms with Gasteiger partial charge in [0.15, 0.2) is 5.09 Å². The summed E-state index contributed by atoms with van der Waals surface area (Å²) in [6, 6.07) is 2.90. The molecule has 1 rings (SSSR count). The first-order valence-corrected chi connectivity index (χ1v) is 6.52. The van der Waals surface area contributed by atoms with Gasteiger partial charge in [0.1, 0.15) is 0 Å². The van der Waals surface area contributed by atoms with Crippen LogP contribution in [0.5, 0.6) is 0 Å². The molecule has 0 aliphatic rings. The van der Waals surface area contributed by atoms with Crippen molar-refractivity contribution in [3.05, 3.63) is 43.2 Å². The maximum atomic E-state index is 11.9. The number of carboxylic acid groups (broad SMARTS) is 1. The van der Waals surface area contributed by atoms with Crippen LogP contribution in [0.25, 0.3) is 0 Å². The normalized spacial score (nSPS) is 9.89. The number of hydrogen-bond acceptors (Lipinski definition) is 4. The molecule has 0 aliphatic heterocycles. The van der Waals surface area contributed by atoms with Gasteiger partial charge in [0, 0.05) is 13.1 Å². The summed E-state index contributed by atoms with van der Waals surface area (Å²) in [5.74, 6) is -1.17. The minimum Gasteiger partial charge on any atom is -0.475 e. The second kappa shape index (κ2) is 7.48. The molecule has 6 heteroatoms. The molecule has 102 valence electrons. The maximum Gasteiger partial charge on any atom is 0.371 e. The Labute approximate surface area is 115 Å². The van der Waals surface area contributed by atoms with E-state index in [0.29, 0.717) is 18.2 Å². The van der Waals surface area contributed by atoms with Gasteiger partial charge >= 0.3 is 5.97 Å². The highest BCUT2D eigenvalue weighted by atomic mass is 32.2. The lowest BCUT2D eigenvalue weighted by Gasteiger charge is -2.18. The standard InChI is InChI=1S/C13H15NO4S/c1-3-7-14(8-4-2)11(15)9-19-12-6-5-10(18-12)13(16)17/h3-6H,1-2,7-9H2,(H,16,17). The Balaban J connectivity index is 2.53. The van der Waals surface area contributed by atoms with Gasteiger partial charge < -0.3 is 14.4 Å². The molecular weight excluding hydrogens is 266 g/mol. The zero-order valence-electron chi connectivity index (χ0n) is 10.4. The molecule has 0 saturated heterocycles. The number of rotatable bonds is 8. The number of amides is 1. The van der Waals surface area contributed by atoms with E-state index in [1.807, 2.05) is 0 Å². The summed E-state index contributed by atoms with van der Waals surface area (Å²) in [7, 11) is 0. The van der Waals surface area contributed by atoms with Gasteiger partial charge in [-0.15, -0.1) is 13.2 Å². The molecule has 1 heterocycles. The minimum absolute atomic E-state index is 0.0851. The van der Waals surface area contributed by atoms with Gasteiger partial charge in [0.05, 0.1) is 5.75 Å². The number of furan rings is 1. The molecule has 1 aromatic rings. The van der Waals surface area contributed by atoms with Crippen molar-refractivity contribution >= 4 is 23.6 Å². The van der Waals surface area contributed by atoms with Crippen molar-refractivity contribution in [3.8, 4) is 0 Å². The second-order valence-corrected chi connectivity index (χ2v) is 4.57. The van der Waals surface area contributed by atoms with Crippen LogP contribution in [-0.4, -0.2) is 40.7 Å². The van der Waals surface area contributed by atoms with E-state index in [2.05, 4.69) is 13.2 Å². The number of thioether (sulfide) groups is 1. The van der Waals surface area contributed by atoms with Crippen molar-refractivity contribution in [3.63, 3.8) is 0 Å². The smallest absolute Gasteiger partial charge is 0.371 e.